The fraction of sp³-hybridized carbons (Fsp3) is 0.545. The van der Waals surface area contributed by atoms with Crippen molar-refractivity contribution in [3.05, 3.63) is 23.9 Å². The van der Waals surface area contributed by atoms with E-state index in [9.17, 15) is 0 Å². The third kappa shape index (κ3) is 1.73. The third-order valence-corrected chi connectivity index (χ3v) is 2.83. The van der Waals surface area contributed by atoms with Gasteiger partial charge in [0.25, 0.3) is 0 Å². The SMILES string of the molecule is CCc1ccc(N2CC(NC)C2)nc1. The van der Waals surface area contributed by atoms with Crippen LogP contribution in [-0.4, -0.2) is 31.2 Å². The lowest BCUT2D eigenvalue weighted by atomic mass is 10.1. The molecule has 2 heterocycles. The summed E-state index contributed by atoms with van der Waals surface area (Å²) >= 11 is 0. The van der Waals surface area contributed by atoms with Crippen LogP contribution in [0.5, 0.6) is 0 Å². The van der Waals surface area contributed by atoms with E-state index in [0.717, 1.165) is 25.3 Å². The summed E-state index contributed by atoms with van der Waals surface area (Å²) in [6, 6.07) is 4.92. The van der Waals surface area contributed by atoms with Crippen LogP contribution in [0, 0.1) is 0 Å². The second kappa shape index (κ2) is 3.96. The topological polar surface area (TPSA) is 28.2 Å². The van der Waals surface area contributed by atoms with Gasteiger partial charge in [-0.3, -0.25) is 0 Å². The summed E-state index contributed by atoms with van der Waals surface area (Å²) in [5.74, 6) is 1.11. The second-order valence-corrected chi connectivity index (χ2v) is 3.77. The summed E-state index contributed by atoms with van der Waals surface area (Å²) in [5, 5.41) is 3.25. The van der Waals surface area contributed by atoms with Crippen LogP contribution in [0.15, 0.2) is 18.3 Å². The smallest absolute Gasteiger partial charge is 0.128 e. The zero-order valence-corrected chi connectivity index (χ0v) is 8.83. The first kappa shape index (κ1) is 9.46. The first-order valence-corrected chi connectivity index (χ1v) is 5.20. The zero-order valence-electron chi connectivity index (χ0n) is 8.83. The molecule has 0 amide bonds. The van der Waals surface area contributed by atoms with Crippen molar-refractivity contribution in [1.29, 1.82) is 0 Å². The van der Waals surface area contributed by atoms with E-state index in [4.69, 9.17) is 0 Å². The molecule has 1 N–H and O–H groups in total. The van der Waals surface area contributed by atoms with Gasteiger partial charge in [0.15, 0.2) is 0 Å². The number of hydrogen-bond donors (Lipinski definition) is 1. The van der Waals surface area contributed by atoms with Gasteiger partial charge in [-0.15, -0.1) is 0 Å². The van der Waals surface area contributed by atoms with Crippen molar-refractivity contribution >= 4 is 5.82 Å². The number of aryl methyl sites for hydroxylation is 1. The van der Waals surface area contributed by atoms with Crippen molar-refractivity contribution in [2.45, 2.75) is 19.4 Å². The minimum atomic E-state index is 0.641. The molecule has 1 saturated heterocycles. The number of rotatable bonds is 3. The van der Waals surface area contributed by atoms with E-state index >= 15 is 0 Å². The molecule has 0 bridgehead atoms. The Morgan fingerprint density at radius 2 is 2.29 bits per heavy atom. The van der Waals surface area contributed by atoms with Crippen LogP contribution in [0.3, 0.4) is 0 Å². The molecule has 3 heteroatoms. The highest BCUT2D eigenvalue weighted by molar-refractivity contribution is 5.43. The van der Waals surface area contributed by atoms with Gasteiger partial charge in [-0.25, -0.2) is 4.98 Å². The van der Waals surface area contributed by atoms with E-state index in [2.05, 4.69) is 34.3 Å². The first-order chi connectivity index (χ1) is 6.83. The Morgan fingerprint density at radius 3 is 2.79 bits per heavy atom. The third-order valence-electron chi connectivity index (χ3n) is 2.83. The number of nitrogens with zero attached hydrogens (tertiary/aromatic N) is 2. The lowest BCUT2D eigenvalue weighted by Gasteiger charge is -2.39. The van der Waals surface area contributed by atoms with E-state index in [1.807, 2.05) is 13.2 Å². The Labute approximate surface area is 85.1 Å². The highest BCUT2D eigenvalue weighted by Gasteiger charge is 2.25. The maximum atomic E-state index is 4.44. The van der Waals surface area contributed by atoms with Gasteiger partial charge in [0.1, 0.15) is 5.82 Å². The van der Waals surface area contributed by atoms with Crippen molar-refractivity contribution in [2.24, 2.45) is 0 Å². The number of likely N-dealkylation sites (N-methyl/N-ethyl adjacent to an activating group) is 1. The average Bonchev–Trinajstić information content (AvgIpc) is 2.17. The number of anilines is 1. The van der Waals surface area contributed by atoms with Crippen LogP contribution >= 0.6 is 0 Å². The molecule has 76 valence electrons. The molecule has 1 aliphatic heterocycles. The van der Waals surface area contributed by atoms with Crippen molar-refractivity contribution in [2.75, 3.05) is 25.0 Å². The summed E-state index contributed by atoms with van der Waals surface area (Å²) in [7, 11) is 2.01. The minimum absolute atomic E-state index is 0.641. The lowest BCUT2D eigenvalue weighted by Crippen LogP contribution is -2.57. The van der Waals surface area contributed by atoms with E-state index in [1.165, 1.54) is 5.56 Å². The molecule has 1 aliphatic rings. The van der Waals surface area contributed by atoms with Crippen molar-refractivity contribution in [1.82, 2.24) is 10.3 Å². The molecule has 0 aromatic carbocycles. The highest BCUT2D eigenvalue weighted by Crippen LogP contribution is 2.18. The number of pyridine rings is 1. The quantitative estimate of drug-likeness (QED) is 0.774. The molecule has 0 atom stereocenters. The Morgan fingerprint density at radius 1 is 1.50 bits per heavy atom. The minimum Gasteiger partial charge on any atom is -0.353 e. The molecule has 14 heavy (non-hydrogen) atoms. The monoisotopic (exact) mass is 191 g/mol. The van der Waals surface area contributed by atoms with E-state index in [-0.39, 0.29) is 0 Å². The summed E-state index contributed by atoms with van der Waals surface area (Å²) in [6.45, 7) is 4.31. The predicted octanol–water partition coefficient (Wildman–Crippen LogP) is 1.05. The van der Waals surface area contributed by atoms with Gasteiger partial charge >= 0.3 is 0 Å². The first-order valence-electron chi connectivity index (χ1n) is 5.20. The second-order valence-electron chi connectivity index (χ2n) is 3.77. The van der Waals surface area contributed by atoms with Gasteiger partial charge in [-0.05, 0) is 25.1 Å². The van der Waals surface area contributed by atoms with Crippen LogP contribution in [-0.2, 0) is 6.42 Å². The molecule has 1 fully saturated rings. The number of hydrogen-bond acceptors (Lipinski definition) is 3. The standard InChI is InChI=1S/C11H17N3/c1-3-9-4-5-11(13-6-9)14-7-10(8-14)12-2/h4-6,10,12H,3,7-8H2,1-2H3. The van der Waals surface area contributed by atoms with Gasteiger partial charge in [-0.1, -0.05) is 13.0 Å². The maximum absolute atomic E-state index is 4.44. The van der Waals surface area contributed by atoms with Gasteiger partial charge in [0.2, 0.25) is 0 Å². The largest absolute Gasteiger partial charge is 0.353 e. The van der Waals surface area contributed by atoms with Crippen LogP contribution in [0.4, 0.5) is 5.82 Å². The molecule has 3 nitrogen and oxygen atoms in total. The average molecular weight is 191 g/mol. The normalized spacial score (nSPS) is 16.9. The van der Waals surface area contributed by atoms with Gasteiger partial charge in [-0.2, -0.15) is 0 Å². The molecule has 0 radical (unpaired) electrons. The molecular weight excluding hydrogens is 174 g/mol. The fourth-order valence-electron chi connectivity index (χ4n) is 1.66. The summed E-state index contributed by atoms with van der Waals surface area (Å²) < 4.78 is 0. The molecule has 1 aromatic rings. The van der Waals surface area contributed by atoms with E-state index < -0.39 is 0 Å². The molecular formula is C11H17N3. The van der Waals surface area contributed by atoms with Gasteiger partial charge in [0, 0.05) is 25.3 Å². The molecule has 1 aromatic heterocycles. The molecule has 0 spiro atoms. The Bertz CT molecular complexity index is 288. The summed E-state index contributed by atoms with van der Waals surface area (Å²) in [6.07, 6.45) is 3.04. The van der Waals surface area contributed by atoms with E-state index in [1.54, 1.807) is 0 Å². The van der Waals surface area contributed by atoms with Crippen LogP contribution in [0.2, 0.25) is 0 Å². The van der Waals surface area contributed by atoms with Gasteiger partial charge in [0.05, 0.1) is 0 Å². The van der Waals surface area contributed by atoms with Crippen LogP contribution in [0.25, 0.3) is 0 Å². The predicted molar refractivity (Wildman–Crippen MR) is 58.7 cm³/mol. The molecule has 0 saturated carbocycles. The van der Waals surface area contributed by atoms with Crippen molar-refractivity contribution < 1.29 is 0 Å². The Kier molecular flexibility index (Phi) is 2.68. The maximum Gasteiger partial charge on any atom is 0.128 e. The van der Waals surface area contributed by atoms with Crippen LogP contribution in [0.1, 0.15) is 12.5 Å². The van der Waals surface area contributed by atoms with Crippen LogP contribution < -0.4 is 10.2 Å². The Balaban J connectivity index is 1.98. The number of aromatic nitrogens is 1. The van der Waals surface area contributed by atoms with Crippen molar-refractivity contribution in [3.63, 3.8) is 0 Å². The van der Waals surface area contributed by atoms with Gasteiger partial charge < -0.3 is 10.2 Å². The molecule has 0 unspecified atom stereocenters. The summed E-state index contributed by atoms with van der Waals surface area (Å²) in [4.78, 5) is 6.73. The molecule has 0 aliphatic carbocycles. The highest BCUT2D eigenvalue weighted by atomic mass is 15.3. The fourth-order valence-corrected chi connectivity index (χ4v) is 1.66. The molecule has 2 rings (SSSR count). The van der Waals surface area contributed by atoms with Crippen molar-refractivity contribution in [3.8, 4) is 0 Å². The van der Waals surface area contributed by atoms with E-state index in [0.29, 0.717) is 6.04 Å². The summed E-state index contributed by atoms with van der Waals surface area (Å²) in [5.41, 5.74) is 1.31. The Hall–Kier alpha value is -1.09. The number of nitrogens with one attached hydrogen (secondary N) is 1. The lowest BCUT2D eigenvalue weighted by molar-refractivity contribution is 0.447. The zero-order chi connectivity index (χ0) is 9.97.